The standard InChI is InChI=1S/C6H11OP/c1-2-8(7)5-3-4-6-8/h2H,1,3-6H2. The third-order valence-corrected chi connectivity index (χ3v) is 4.47. The van der Waals surface area contributed by atoms with Crippen LogP contribution in [0.2, 0.25) is 0 Å². The lowest BCUT2D eigenvalue weighted by atomic mass is 10.4. The van der Waals surface area contributed by atoms with Crippen molar-refractivity contribution >= 4 is 7.14 Å². The molecule has 1 aliphatic rings. The van der Waals surface area contributed by atoms with Crippen molar-refractivity contribution in [3.05, 3.63) is 12.4 Å². The van der Waals surface area contributed by atoms with Gasteiger partial charge in [0.1, 0.15) is 7.14 Å². The van der Waals surface area contributed by atoms with E-state index < -0.39 is 7.14 Å². The van der Waals surface area contributed by atoms with Crippen LogP contribution in [-0.2, 0) is 4.57 Å². The average molecular weight is 130 g/mol. The zero-order valence-corrected chi connectivity index (χ0v) is 5.86. The van der Waals surface area contributed by atoms with Crippen LogP contribution in [0.15, 0.2) is 12.4 Å². The molecule has 0 amide bonds. The van der Waals surface area contributed by atoms with E-state index in [-0.39, 0.29) is 0 Å². The first-order chi connectivity index (χ1) is 3.77. The van der Waals surface area contributed by atoms with Gasteiger partial charge in [0.05, 0.1) is 0 Å². The van der Waals surface area contributed by atoms with Crippen molar-refractivity contribution < 1.29 is 4.57 Å². The summed E-state index contributed by atoms with van der Waals surface area (Å²) in [6, 6.07) is 0. The first-order valence-electron chi connectivity index (χ1n) is 2.98. The largest absolute Gasteiger partial charge is 0.319 e. The molecule has 0 aliphatic carbocycles. The fraction of sp³-hybridized carbons (Fsp3) is 0.667. The summed E-state index contributed by atoms with van der Waals surface area (Å²) in [5, 5.41) is 0. The fourth-order valence-corrected chi connectivity index (χ4v) is 3.16. The van der Waals surface area contributed by atoms with E-state index in [2.05, 4.69) is 6.58 Å². The van der Waals surface area contributed by atoms with E-state index in [9.17, 15) is 4.57 Å². The second-order valence-electron chi connectivity index (χ2n) is 2.29. The maximum Gasteiger partial charge on any atom is 0.108 e. The Labute approximate surface area is 50.2 Å². The van der Waals surface area contributed by atoms with Crippen molar-refractivity contribution in [2.75, 3.05) is 12.3 Å². The van der Waals surface area contributed by atoms with Gasteiger partial charge in [-0.2, -0.15) is 0 Å². The van der Waals surface area contributed by atoms with Gasteiger partial charge in [-0.25, -0.2) is 0 Å². The van der Waals surface area contributed by atoms with Gasteiger partial charge in [0.15, 0.2) is 0 Å². The van der Waals surface area contributed by atoms with E-state index in [4.69, 9.17) is 0 Å². The highest BCUT2D eigenvalue weighted by atomic mass is 31.2. The van der Waals surface area contributed by atoms with Gasteiger partial charge < -0.3 is 4.57 Å². The Bertz CT molecular complexity index is 129. The van der Waals surface area contributed by atoms with E-state index in [0.29, 0.717) is 0 Å². The summed E-state index contributed by atoms with van der Waals surface area (Å²) in [4.78, 5) is 0. The van der Waals surface area contributed by atoms with Crippen molar-refractivity contribution in [1.29, 1.82) is 0 Å². The normalized spacial score (nSPS) is 25.5. The van der Waals surface area contributed by atoms with Gasteiger partial charge in [0.2, 0.25) is 0 Å². The molecule has 0 spiro atoms. The highest BCUT2D eigenvalue weighted by molar-refractivity contribution is 7.67. The average Bonchev–Trinajstić information content (AvgIpc) is 2.17. The first kappa shape index (κ1) is 6.10. The van der Waals surface area contributed by atoms with Crippen molar-refractivity contribution in [1.82, 2.24) is 0 Å². The van der Waals surface area contributed by atoms with Crippen LogP contribution in [0.3, 0.4) is 0 Å². The Morgan fingerprint density at radius 2 is 1.88 bits per heavy atom. The van der Waals surface area contributed by atoms with Crippen LogP contribution in [0.4, 0.5) is 0 Å². The van der Waals surface area contributed by atoms with Crippen LogP contribution in [0, 0.1) is 0 Å². The lowest BCUT2D eigenvalue weighted by Gasteiger charge is -1.99. The third kappa shape index (κ3) is 1.03. The van der Waals surface area contributed by atoms with Crippen LogP contribution in [0.25, 0.3) is 0 Å². The van der Waals surface area contributed by atoms with Crippen molar-refractivity contribution in [2.24, 2.45) is 0 Å². The topological polar surface area (TPSA) is 17.1 Å². The summed E-state index contributed by atoms with van der Waals surface area (Å²) in [6.45, 7) is 3.55. The first-order valence-corrected chi connectivity index (χ1v) is 5.13. The molecule has 8 heavy (non-hydrogen) atoms. The molecule has 0 N–H and O–H groups in total. The predicted octanol–water partition coefficient (Wildman–Crippen LogP) is 2.29. The Morgan fingerprint density at radius 3 is 2.12 bits per heavy atom. The van der Waals surface area contributed by atoms with E-state index in [1.165, 1.54) is 0 Å². The Morgan fingerprint density at radius 1 is 1.38 bits per heavy atom. The molecule has 1 nitrogen and oxygen atoms in total. The van der Waals surface area contributed by atoms with Crippen molar-refractivity contribution in [2.45, 2.75) is 12.8 Å². The Balaban J connectivity index is 2.66. The molecule has 0 bridgehead atoms. The molecule has 0 aromatic rings. The summed E-state index contributed by atoms with van der Waals surface area (Å²) < 4.78 is 11.3. The minimum atomic E-state index is -1.79. The van der Waals surface area contributed by atoms with Crippen molar-refractivity contribution in [3.8, 4) is 0 Å². The second kappa shape index (κ2) is 2.06. The van der Waals surface area contributed by atoms with Crippen molar-refractivity contribution in [3.63, 3.8) is 0 Å². The lowest BCUT2D eigenvalue weighted by molar-refractivity contribution is 0.584. The Hall–Kier alpha value is -0.0300. The molecule has 1 saturated heterocycles. The number of hydrogen-bond donors (Lipinski definition) is 0. The molecule has 0 saturated carbocycles. The van der Waals surface area contributed by atoms with E-state index >= 15 is 0 Å². The summed E-state index contributed by atoms with van der Waals surface area (Å²) in [7, 11) is -1.79. The summed E-state index contributed by atoms with van der Waals surface area (Å²) in [5.74, 6) is 1.67. The van der Waals surface area contributed by atoms with Gasteiger partial charge in [0.25, 0.3) is 0 Å². The Kier molecular flexibility index (Phi) is 1.57. The SMILES string of the molecule is C=CP1(=O)CCCC1. The fourth-order valence-electron chi connectivity index (χ4n) is 1.05. The molecular weight excluding hydrogens is 119 g/mol. The summed E-state index contributed by atoms with van der Waals surface area (Å²) >= 11 is 0. The molecule has 46 valence electrons. The van der Waals surface area contributed by atoms with Gasteiger partial charge in [-0.05, 0) is 18.7 Å². The van der Waals surface area contributed by atoms with Gasteiger partial charge in [-0.3, -0.25) is 0 Å². The van der Waals surface area contributed by atoms with Crippen LogP contribution in [-0.4, -0.2) is 12.3 Å². The molecule has 2 heteroatoms. The minimum Gasteiger partial charge on any atom is -0.319 e. The molecule has 0 unspecified atom stereocenters. The second-order valence-corrected chi connectivity index (χ2v) is 5.45. The van der Waals surface area contributed by atoms with E-state index in [1.807, 2.05) is 0 Å². The van der Waals surface area contributed by atoms with Gasteiger partial charge in [-0.1, -0.05) is 6.58 Å². The molecule has 0 atom stereocenters. The molecule has 1 aliphatic heterocycles. The maximum absolute atomic E-state index is 11.3. The molecule has 0 aromatic heterocycles. The van der Waals surface area contributed by atoms with Crippen LogP contribution in [0.1, 0.15) is 12.8 Å². The summed E-state index contributed by atoms with van der Waals surface area (Å²) in [6.07, 6.45) is 4.11. The predicted molar refractivity (Wildman–Crippen MR) is 36.8 cm³/mol. The smallest absolute Gasteiger partial charge is 0.108 e. The molecule has 1 heterocycles. The van der Waals surface area contributed by atoms with Gasteiger partial charge in [-0.15, -0.1) is 0 Å². The third-order valence-electron chi connectivity index (χ3n) is 1.66. The van der Waals surface area contributed by atoms with E-state index in [0.717, 1.165) is 25.2 Å². The monoisotopic (exact) mass is 130 g/mol. The highest BCUT2D eigenvalue weighted by Gasteiger charge is 2.22. The molecule has 0 aromatic carbocycles. The molecule has 1 fully saturated rings. The van der Waals surface area contributed by atoms with Gasteiger partial charge in [0, 0.05) is 12.3 Å². The maximum atomic E-state index is 11.3. The van der Waals surface area contributed by atoms with Crippen LogP contribution < -0.4 is 0 Å². The minimum absolute atomic E-state index is 0.913. The number of rotatable bonds is 1. The zero-order valence-electron chi connectivity index (χ0n) is 4.97. The van der Waals surface area contributed by atoms with E-state index in [1.54, 1.807) is 5.82 Å². The molecule has 0 radical (unpaired) electrons. The number of hydrogen-bond acceptors (Lipinski definition) is 1. The molecular formula is C6H11OP. The van der Waals surface area contributed by atoms with Gasteiger partial charge >= 0.3 is 0 Å². The van der Waals surface area contributed by atoms with Crippen LogP contribution >= 0.6 is 7.14 Å². The summed E-state index contributed by atoms with van der Waals surface area (Å²) in [5.41, 5.74) is 0. The quantitative estimate of drug-likeness (QED) is 0.497. The highest BCUT2D eigenvalue weighted by Crippen LogP contribution is 2.52. The van der Waals surface area contributed by atoms with Crippen LogP contribution in [0.5, 0.6) is 0 Å². The molecule has 1 rings (SSSR count). The zero-order chi connectivity index (χ0) is 6.04. The lowest BCUT2D eigenvalue weighted by Crippen LogP contribution is -1.74.